The summed E-state index contributed by atoms with van der Waals surface area (Å²) >= 11 is 0. The summed E-state index contributed by atoms with van der Waals surface area (Å²) in [4.78, 5) is 0. The predicted molar refractivity (Wildman–Crippen MR) is 64.5 cm³/mol. The Labute approximate surface area is 92.5 Å². The van der Waals surface area contributed by atoms with Gasteiger partial charge in [0.15, 0.2) is 0 Å². The Morgan fingerprint density at radius 1 is 1.27 bits per heavy atom. The van der Waals surface area contributed by atoms with Crippen LogP contribution < -0.4 is 0 Å². The van der Waals surface area contributed by atoms with E-state index >= 15 is 0 Å². The molecule has 1 aromatic carbocycles. The van der Waals surface area contributed by atoms with Crippen LogP contribution in [0.25, 0.3) is 0 Å². The molecular weight excluding hydrogens is 184 g/mol. The molecule has 1 rings (SSSR count). The van der Waals surface area contributed by atoms with Gasteiger partial charge in [-0.15, -0.1) is 6.58 Å². The molecule has 82 valence electrons. The molecule has 0 aliphatic heterocycles. The van der Waals surface area contributed by atoms with E-state index in [1.807, 2.05) is 43.3 Å². The van der Waals surface area contributed by atoms with Gasteiger partial charge >= 0.3 is 0 Å². The van der Waals surface area contributed by atoms with Crippen molar-refractivity contribution in [2.75, 3.05) is 0 Å². The second kappa shape index (κ2) is 4.63. The SMILES string of the molecule is C=CC(C(C)C)C(C)(O)c1ccccc1. The van der Waals surface area contributed by atoms with Gasteiger partial charge in [-0.05, 0) is 18.4 Å². The molecule has 0 amide bonds. The highest BCUT2D eigenvalue weighted by atomic mass is 16.3. The van der Waals surface area contributed by atoms with Crippen LogP contribution in [0.3, 0.4) is 0 Å². The van der Waals surface area contributed by atoms with Gasteiger partial charge < -0.3 is 5.11 Å². The average Bonchev–Trinajstić information content (AvgIpc) is 2.19. The van der Waals surface area contributed by atoms with Gasteiger partial charge in [0.25, 0.3) is 0 Å². The van der Waals surface area contributed by atoms with Crippen LogP contribution in [-0.2, 0) is 5.60 Å². The summed E-state index contributed by atoms with van der Waals surface area (Å²) in [5.74, 6) is 0.442. The highest BCUT2D eigenvalue weighted by molar-refractivity contribution is 5.23. The Bertz CT molecular complexity index is 311. The van der Waals surface area contributed by atoms with Crippen molar-refractivity contribution < 1.29 is 5.11 Å². The van der Waals surface area contributed by atoms with Crippen molar-refractivity contribution in [3.8, 4) is 0 Å². The summed E-state index contributed by atoms with van der Waals surface area (Å²) in [7, 11) is 0. The first kappa shape index (κ1) is 12.0. The maximum absolute atomic E-state index is 10.5. The second-order valence-electron chi connectivity index (χ2n) is 4.52. The van der Waals surface area contributed by atoms with Crippen molar-refractivity contribution in [2.45, 2.75) is 26.4 Å². The van der Waals surface area contributed by atoms with Gasteiger partial charge in [0.1, 0.15) is 0 Å². The number of aliphatic hydroxyl groups is 1. The molecule has 0 bridgehead atoms. The van der Waals surface area contributed by atoms with Crippen molar-refractivity contribution in [2.24, 2.45) is 11.8 Å². The fraction of sp³-hybridized carbons (Fsp3) is 0.429. The zero-order valence-corrected chi connectivity index (χ0v) is 9.77. The molecule has 1 nitrogen and oxygen atoms in total. The van der Waals surface area contributed by atoms with Crippen LogP contribution in [0.4, 0.5) is 0 Å². The lowest BCUT2D eigenvalue weighted by Crippen LogP contribution is -2.33. The highest BCUT2D eigenvalue weighted by Crippen LogP contribution is 2.34. The Kier molecular flexibility index (Phi) is 3.70. The van der Waals surface area contributed by atoms with Crippen LogP contribution >= 0.6 is 0 Å². The Balaban J connectivity index is 3.05. The smallest absolute Gasteiger partial charge is 0.0933 e. The first-order valence-electron chi connectivity index (χ1n) is 5.40. The third-order valence-electron chi connectivity index (χ3n) is 2.98. The summed E-state index contributed by atoms with van der Waals surface area (Å²) in [5, 5.41) is 10.5. The van der Waals surface area contributed by atoms with Crippen LogP contribution in [0.1, 0.15) is 26.3 Å². The number of hydrogen-bond donors (Lipinski definition) is 1. The van der Waals surface area contributed by atoms with E-state index in [4.69, 9.17) is 0 Å². The van der Waals surface area contributed by atoms with Gasteiger partial charge in [-0.2, -0.15) is 0 Å². The Hall–Kier alpha value is -1.08. The van der Waals surface area contributed by atoms with E-state index < -0.39 is 5.60 Å². The molecule has 0 aliphatic rings. The predicted octanol–water partition coefficient (Wildman–Crippen LogP) is 3.35. The molecule has 0 saturated carbocycles. The standard InChI is InChI=1S/C14H20O/c1-5-13(11(2)3)14(4,15)12-9-7-6-8-10-12/h5-11,13,15H,1H2,2-4H3. The third kappa shape index (κ3) is 2.48. The van der Waals surface area contributed by atoms with Crippen molar-refractivity contribution in [3.63, 3.8) is 0 Å². The van der Waals surface area contributed by atoms with E-state index in [0.29, 0.717) is 5.92 Å². The lowest BCUT2D eigenvalue weighted by molar-refractivity contribution is -0.00394. The normalized spacial score (nSPS) is 17.1. The molecule has 1 N–H and O–H groups in total. The fourth-order valence-corrected chi connectivity index (χ4v) is 2.12. The van der Waals surface area contributed by atoms with Gasteiger partial charge in [0, 0.05) is 5.92 Å². The van der Waals surface area contributed by atoms with E-state index in [9.17, 15) is 5.11 Å². The molecular formula is C14H20O. The lowest BCUT2D eigenvalue weighted by atomic mass is 9.77. The van der Waals surface area contributed by atoms with Crippen LogP contribution in [-0.4, -0.2) is 5.11 Å². The summed E-state index contributed by atoms with van der Waals surface area (Å²) in [6.07, 6.45) is 1.84. The molecule has 2 atom stereocenters. The molecule has 1 heteroatoms. The minimum absolute atomic E-state index is 0.0694. The quantitative estimate of drug-likeness (QED) is 0.746. The highest BCUT2D eigenvalue weighted by Gasteiger charge is 2.33. The first-order chi connectivity index (χ1) is 7.00. The van der Waals surface area contributed by atoms with Crippen LogP contribution in [0.2, 0.25) is 0 Å². The number of rotatable bonds is 4. The third-order valence-corrected chi connectivity index (χ3v) is 2.98. The van der Waals surface area contributed by atoms with Crippen molar-refractivity contribution in [3.05, 3.63) is 48.6 Å². The van der Waals surface area contributed by atoms with Crippen LogP contribution in [0.15, 0.2) is 43.0 Å². The molecule has 1 aromatic rings. The summed E-state index contributed by atoms with van der Waals surface area (Å²) < 4.78 is 0. The Morgan fingerprint density at radius 3 is 2.20 bits per heavy atom. The maximum atomic E-state index is 10.5. The van der Waals surface area contributed by atoms with Gasteiger partial charge in [0.05, 0.1) is 5.60 Å². The second-order valence-corrected chi connectivity index (χ2v) is 4.52. The molecule has 0 aromatic heterocycles. The van der Waals surface area contributed by atoms with Crippen molar-refractivity contribution in [1.29, 1.82) is 0 Å². The van der Waals surface area contributed by atoms with Crippen molar-refractivity contribution in [1.82, 2.24) is 0 Å². The van der Waals surface area contributed by atoms with Gasteiger partial charge in [-0.25, -0.2) is 0 Å². The molecule has 15 heavy (non-hydrogen) atoms. The van der Waals surface area contributed by atoms with Crippen LogP contribution in [0, 0.1) is 11.8 Å². The molecule has 0 radical (unpaired) electrons. The molecule has 0 spiro atoms. The minimum Gasteiger partial charge on any atom is -0.385 e. The summed E-state index contributed by atoms with van der Waals surface area (Å²) in [6.45, 7) is 9.87. The van der Waals surface area contributed by atoms with Gasteiger partial charge in [-0.3, -0.25) is 0 Å². The summed E-state index contributed by atoms with van der Waals surface area (Å²) in [6, 6.07) is 9.77. The van der Waals surface area contributed by atoms with E-state index in [2.05, 4.69) is 20.4 Å². The number of benzene rings is 1. The molecule has 0 aliphatic carbocycles. The minimum atomic E-state index is -0.836. The molecule has 0 saturated heterocycles. The first-order valence-corrected chi connectivity index (χ1v) is 5.40. The maximum Gasteiger partial charge on any atom is 0.0933 e. The molecule has 0 fully saturated rings. The molecule has 2 unspecified atom stereocenters. The van der Waals surface area contributed by atoms with Gasteiger partial charge in [0.2, 0.25) is 0 Å². The van der Waals surface area contributed by atoms with Crippen LogP contribution in [0.5, 0.6) is 0 Å². The van der Waals surface area contributed by atoms with E-state index in [1.54, 1.807) is 0 Å². The fourth-order valence-electron chi connectivity index (χ4n) is 2.12. The molecule has 0 heterocycles. The van der Waals surface area contributed by atoms with E-state index in [1.165, 1.54) is 0 Å². The monoisotopic (exact) mass is 204 g/mol. The van der Waals surface area contributed by atoms with E-state index in [-0.39, 0.29) is 5.92 Å². The Morgan fingerprint density at radius 2 is 1.80 bits per heavy atom. The van der Waals surface area contributed by atoms with Crippen molar-refractivity contribution >= 4 is 0 Å². The zero-order valence-electron chi connectivity index (χ0n) is 9.77. The van der Waals surface area contributed by atoms with E-state index in [0.717, 1.165) is 5.56 Å². The number of hydrogen-bond acceptors (Lipinski definition) is 1. The largest absolute Gasteiger partial charge is 0.385 e. The lowest BCUT2D eigenvalue weighted by Gasteiger charge is -2.34. The zero-order chi connectivity index (χ0) is 11.5. The van der Waals surface area contributed by atoms with Gasteiger partial charge in [-0.1, -0.05) is 50.3 Å². The summed E-state index contributed by atoms with van der Waals surface area (Å²) in [5.41, 5.74) is 0.112. The average molecular weight is 204 g/mol. The topological polar surface area (TPSA) is 20.2 Å².